The molecule has 0 aromatic heterocycles. The number of hydrogen-bond donors (Lipinski definition) is 2. The van der Waals surface area contributed by atoms with Crippen molar-refractivity contribution in [2.75, 3.05) is 18.1 Å². The second-order valence-corrected chi connectivity index (χ2v) is 21.5. The third-order valence-corrected chi connectivity index (χ3v) is 17.9. The first-order valence-electron chi connectivity index (χ1n) is 21.5. The van der Waals surface area contributed by atoms with Gasteiger partial charge >= 0.3 is 21.2 Å². The maximum atomic E-state index is 15.5. The van der Waals surface area contributed by atoms with E-state index >= 15 is 9.13 Å². The maximum absolute atomic E-state index is 15.5. The number of unbranched alkanes of at least 4 members (excludes halogenated alkanes) is 3. The van der Waals surface area contributed by atoms with Gasteiger partial charge in [0.05, 0.1) is 49.7 Å². The monoisotopic (exact) mass is 948 g/mol. The van der Waals surface area contributed by atoms with E-state index in [1.54, 1.807) is 12.1 Å². The summed E-state index contributed by atoms with van der Waals surface area (Å²) in [4.78, 5) is 38.5. The summed E-state index contributed by atoms with van der Waals surface area (Å²) in [5.41, 5.74) is 2.40. The average Bonchev–Trinajstić information content (AvgIpc) is 3.34. The highest BCUT2D eigenvalue weighted by molar-refractivity contribution is 8.00. The van der Waals surface area contributed by atoms with Crippen molar-refractivity contribution in [1.82, 2.24) is 0 Å². The van der Waals surface area contributed by atoms with Crippen LogP contribution in [0.15, 0.2) is 152 Å². The quantitative estimate of drug-likeness (QED) is 0.0410. The van der Waals surface area contributed by atoms with Gasteiger partial charge in [0.2, 0.25) is 5.78 Å². The lowest BCUT2D eigenvalue weighted by atomic mass is 9.82. The molecule has 0 fully saturated rings. The number of carbonyl (C=O) groups excluding carboxylic acids is 2. The number of thioether (sulfide) groups is 1. The third-order valence-electron chi connectivity index (χ3n) is 10.8. The van der Waals surface area contributed by atoms with Crippen molar-refractivity contribution in [3.8, 4) is 11.5 Å². The van der Waals surface area contributed by atoms with Gasteiger partial charge in [-0.15, -0.1) is 0 Å². The van der Waals surface area contributed by atoms with Crippen LogP contribution in [-0.2, 0) is 53.7 Å². The zero-order valence-electron chi connectivity index (χ0n) is 36.1. The van der Waals surface area contributed by atoms with Crippen LogP contribution in [0, 0.1) is 0 Å². The van der Waals surface area contributed by atoms with Crippen LogP contribution in [0.25, 0.3) is 0 Å². The van der Waals surface area contributed by atoms with Crippen molar-refractivity contribution >= 4 is 44.5 Å². The number of benzene rings is 6. The number of carbonyl (C=O) groups is 3. The second kappa shape index (κ2) is 23.2. The van der Waals surface area contributed by atoms with E-state index in [0.717, 1.165) is 53.6 Å². The molecule has 66 heavy (non-hydrogen) atoms. The Bertz CT molecular complexity index is 2480. The maximum Gasteiger partial charge on any atom is 0.347 e. The normalized spacial score (nSPS) is 12.5. The first-order chi connectivity index (χ1) is 32.0. The van der Waals surface area contributed by atoms with Crippen LogP contribution in [-0.4, -0.2) is 51.3 Å². The Morgan fingerprint density at radius 2 is 1.02 bits per heavy atom. The number of carboxylic acid groups (broad SMARTS) is 1. The lowest BCUT2D eigenvalue weighted by Crippen LogP contribution is -2.23. The number of hydrogen-bond acceptors (Lipinski definition) is 12. The SMILES string of the molecule is O=C(O)c1cc(O)c2c(c1)C(=O)c1cccc(OCCCCCCSCC(P(=O)(OCc3ccccc3)OCc3ccccc3)P(=O)(OCc3ccccc3)OCc3ccccc3)c1C2=O. The average molecular weight is 949 g/mol. The summed E-state index contributed by atoms with van der Waals surface area (Å²) in [6.07, 6.45) is 2.91. The lowest BCUT2D eigenvalue weighted by molar-refractivity contribution is 0.0695. The van der Waals surface area contributed by atoms with Crippen LogP contribution in [0.5, 0.6) is 11.5 Å². The highest BCUT2D eigenvalue weighted by Gasteiger charge is 2.51. The third kappa shape index (κ3) is 12.4. The Labute approximate surface area is 388 Å². The fourth-order valence-corrected chi connectivity index (χ4v) is 14.5. The van der Waals surface area contributed by atoms with E-state index in [0.29, 0.717) is 12.2 Å². The topological polar surface area (TPSA) is 172 Å². The molecule has 0 bridgehead atoms. The van der Waals surface area contributed by atoms with Crippen LogP contribution in [0.3, 0.4) is 0 Å². The summed E-state index contributed by atoms with van der Waals surface area (Å²) in [5, 5.41) is 18.7. The predicted octanol–water partition coefficient (Wildman–Crippen LogP) is 12.1. The Hall–Kier alpha value is -5.62. The van der Waals surface area contributed by atoms with E-state index in [1.165, 1.54) is 17.8 Å². The molecule has 0 unspecified atom stereocenters. The zero-order valence-corrected chi connectivity index (χ0v) is 38.7. The summed E-state index contributed by atoms with van der Waals surface area (Å²) in [5.74, 6) is -2.24. The van der Waals surface area contributed by atoms with E-state index in [2.05, 4.69) is 0 Å². The Kier molecular flexibility index (Phi) is 17.0. The minimum atomic E-state index is -4.30. The molecule has 2 N–H and O–H groups in total. The minimum Gasteiger partial charge on any atom is -0.507 e. The number of aromatic carboxylic acids is 1. The van der Waals surface area contributed by atoms with E-state index in [-0.39, 0.29) is 72.4 Å². The van der Waals surface area contributed by atoms with Gasteiger partial charge in [-0.2, -0.15) is 11.8 Å². The highest BCUT2D eigenvalue weighted by atomic mass is 32.2. The van der Waals surface area contributed by atoms with Crippen molar-refractivity contribution in [2.24, 2.45) is 0 Å². The van der Waals surface area contributed by atoms with Gasteiger partial charge in [-0.05, 0) is 59.0 Å². The molecule has 0 amide bonds. The highest BCUT2D eigenvalue weighted by Crippen LogP contribution is 2.72. The number of rotatable bonds is 25. The van der Waals surface area contributed by atoms with Gasteiger partial charge in [0, 0.05) is 16.9 Å². The number of phenolic OH excluding ortho intramolecular Hbond substituents is 1. The van der Waals surface area contributed by atoms with Crippen molar-refractivity contribution < 1.29 is 56.6 Å². The van der Waals surface area contributed by atoms with Crippen molar-refractivity contribution in [1.29, 1.82) is 0 Å². The molecule has 6 aromatic carbocycles. The smallest absolute Gasteiger partial charge is 0.347 e. The van der Waals surface area contributed by atoms with Crippen LogP contribution in [0.2, 0.25) is 0 Å². The van der Waals surface area contributed by atoms with Gasteiger partial charge in [-0.3, -0.25) is 18.7 Å². The fraction of sp³-hybridized carbons (Fsp3) is 0.235. The molecular weight excluding hydrogens is 899 g/mol. The predicted molar refractivity (Wildman–Crippen MR) is 254 cm³/mol. The van der Waals surface area contributed by atoms with Crippen LogP contribution >= 0.6 is 27.0 Å². The Balaban J connectivity index is 1.03. The molecule has 0 aliphatic heterocycles. The Morgan fingerprint density at radius 1 is 0.545 bits per heavy atom. The van der Waals surface area contributed by atoms with Gasteiger partial charge in [-0.1, -0.05) is 146 Å². The molecule has 1 aliphatic rings. The Morgan fingerprint density at radius 3 is 1.48 bits per heavy atom. The number of aromatic hydroxyl groups is 1. The number of fused-ring (bicyclic) bond motifs is 2. The molecule has 0 saturated heterocycles. The van der Waals surface area contributed by atoms with Crippen LogP contribution in [0.1, 0.15) is 90.1 Å². The fourth-order valence-electron chi connectivity index (χ4n) is 7.27. The molecule has 342 valence electrons. The van der Waals surface area contributed by atoms with Gasteiger partial charge < -0.3 is 33.0 Å². The van der Waals surface area contributed by atoms with Crippen LogP contribution in [0.4, 0.5) is 0 Å². The minimum absolute atomic E-state index is 0.0231. The second-order valence-electron chi connectivity index (χ2n) is 15.5. The van der Waals surface area contributed by atoms with E-state index < -0.39 is 43.9 Å². The zero-order chi connectivity index (χ0) is 46.4. The van der Waals surface area contributed by atoms with Crippen molar-refractivity contribution in [3.63, 3.8) is 0 Å². The first kappa shape index (κ1) is 48.3. The standard InChI is InChI=1S/C51H50O12P2S/c52-44-31-41(51(55)56)30-43-47(44)50(54)48-42(49(43)53)26-17-27-45(48)59-28-15-1-2-16-29-66-36-46(64(57,60-32-37-18-7-3-8-19-37)61-33-38-20-9-4-10-21-38)65(58,62-34-39-22-11-5-12-23-39)63-35-40-24-13-6-14-25-40/h3-14,17-27,30-31,46,52H,1-2,15-16,28-29,32-36H2,(H,55,56). The van der Waals surface area contributed by atoms with E-state index in [1.807, 2.05) is 121 Å². The lowest BCUT2D eigenvalue weighted by Gasteiger charge is -2.32. The number of carboxylic acids is 1. The molecule has 7 rings (SSSR count). The molecule has 0 saturated carbocycles. The number of phenols is 1. The van der Waals surface area contributed by atoms with E-state index in [9.17, 15) is 24.6 Å². The molecule has 1 aliphatic carbocycles. The first-order valence-corrected chi connectivity index (χ1v) is 25.9. The molecule has 0 radical (unpaired) electrons. The summed E-state index contributed by atoms with van der Waals surface area (Å²) in [7, 11) is -8.60. The summed E-state index contributed by atoms with van der Waals surface area (Å²) in [6.45, 7) is -0.00796. The van der Waals surface area contributed by atoms with E-state index in [4.69, 9.17) is 22.8 Å². The van der Waals surface area contributed by atoms with Gasteiger partial charge in [-0.25, -0.2) is 4.79 Å². The van der Waals surface area contributed by atoms with Crippen molar-refractivity contribution in [2.45, 2.75) is 57.5 Å². The summed E-state index contributed by atoms with van der Waals surface area (Å²) in [6, 6.07) is 43.9. The summed E-state index contributed by atoms with van der Waals surface area (Å²) < 4.78 is 62.1. The van der Waals surface area contributed by atoms with Crippen molar-refractivity contribution in [3.05, 3.63) is 202 Å². The molecule has 6 aromatic rings. The molecule has 0 spiro atoms. The molecule has 15 heteroatoms. The summed E-state index contributed by atoms with van der Waals surface area (Å²) >= 11 is 1.46. The van der Waals surface area contributed by atoms with Gasteiger partial charge in [0.25, 0.3) is 0 Å². The van der Waals surface area contributed by atoms with Crippen LogP contribution < -0.4 is 4.74 Å². The van der Waals surface area contributed by atoms with Gasteiger partial charge in [0.15, 0.2) is 11.2 Å². The molecular formula is C51H50O12P2S. The molecule has 0 atom stereocenters. The largest absolute Gasteiger partial charge is 0.507 e. The number of ketones is 2. The van der Waals surface area contributed by atoms with Gasteiger partial charge in [0.1, 0.15) is 11.5 Å². The molecule has 12 nitrogen and oxygen atoms in total. The number of ether oxygens (including phenoxy) is 1. The molecule has 0 heterocycles.